The Morgan fingerprint density at radius 3 is 2.54 bits per heavy atom. The first-order valence-electron chi connectivity index (χ1n) is 3.89. The third-order valence-electron chi connectivity index (χ3n) is 1.29. The molecule has 6 heteroatoms. The number of hydrogen-bond acceptors (Lipinski definition) is 4. The third kappa shape index (κ3) is 9.29. The molecule has 0 aliphatic heterocycles. The van der Waals surface area contributed by atoms with Crippen LogP contribution in [0, 0.1) is 0 Å². The maximum absolute atomic E-state index is 10.8. The summed E-state index contributed by atoms with van der Waals surface area (Å²) >= 11 is 0. The molecular formula is C7H15NO4S. The number of ether oxygens (including phenoxy) is 1. The van der Waals surface area contributed by atoms with Crippen molar-refractivity contribution in [2.45, 2.75) is 6.42 Å². The Morgan fingerprint density at radius 1 is 1.46 bits per heavy atom. The molecule has 0 aliphatic rings. The molecule has 0 aromatic heterocycles. The normalized spacial score (nSPS) is 11.2. The average Bonchev–Trinajstić information content (AvgIpc) is 1.97. The Balaban J connectivity index is 3.41. The minimum absolute atomic E-state index is 0.0128. The lowest BCUT2D eigenvalue weighted by atomic mass is 10.4. The first-order chi connectivity index (χ1) is 5.95. The van der Waals surface area contributed by atoms with Crippen molar-refractivity contribution in [3.05, 3.63) is 0 Å². The van der Waals surface area contributed by atoms with Gasteiger partial charge in [0, 0.05) is 19.9 Å². The van der Waals surface area contributed by atoms with E-state index in [1.54, 1.807) is 0 Å². The smallest absolute Gasteiger partial charge is 0.245 e. The van der Waals surface area contributed by atoms with E-state index in [2.05, 4.69) is 10.1 Å². The Hall–Kier alpha value is -0.620. The van der Waals surface area contributed by atoms with Crippen LogP contribution in [0.2, 0.25) is 0 Å². The SMILES string of the molecule is COCC(=O)NCCCS(C)(=O)=O. The van der Waals surface area contributed by atoms with Crippen LogP contribution in [0.1, 0.15) is 6.42 Å². The second-order valence-electron chi connectivity index (χ2n) is 2.77. The molecular weight excluding hydrogens is 194 g/mol. The number of carbonyl (C=O) groups is 1. The molecule has 0 unspecified atom stereocenters. The highest BCUT2D eigenvalue weighted by molar-refractivity contribution is 7.90. The van der Waals surface area contributed by atoms with Crippen LogP contribution in [0.15, 0.2) is 0 Å². The highest BCUT2D eigenvalue weighted by Gasteiger charge is 2.02. The van der Waals surface area contributed by atoms with E-state index in [4.69, 9.17) is 0 Å². The molecule has 0 spiro atoms. The van der Waals surface area contributed by atoms with Gasteiger partial charge in [0.2, 0.25) is 5.91 Å². The van der Waals surface area contributed by atoms with Gasteiger partial charge in [0.25, 0.3) is 0 Å². The van der Waals surface area contributed by atoms with Crippen molar-refractivity contribution < 1.29 is 17.9 Å². The Kier molecular flexibility index (Phi) is 5.65. The summed E-state index contributed by atoms with van der Waals surface area (Å²) in [4.78, 5) is 10.8. The van der Waals surface area contributed by atoms with Crippen molar-refractivity contribution in [3.63, 3.8) is 0 Å². The Bertz CT molecular complexity index is 247. The van der Waals surface area contributed by atoms with Gasteiger partial charge in [-0.2, -0.15) is 0 Å². The van der Waals surface area contributed by atoms with Gasteiger partial charge in [0.15, 0.2) is 0 Å². The fourth-order valence-electron chi connectivity index (χ4n) is 0.744. The molecule has 0 atom stereocenters. The summed E-state index contributed by atoms with van der Waals surface area (Å²) in [6, 6.07) is 0. The van der Waals surface area contributed by atoms with E-state index in [-0.39, 0.29) is 18.3 Å². The summed E-state index contributed by atoms with van der Waals surface area (Å²) < 4.78 is 25.9. The molecule has 78 valence electrons. The maximum Gasteiger partial charge on any atom is 0.245 e. The van der Waals surface area contributed by atoms with Gasteiger partial charge in [-0.1, -0.05) is 0 Å². The van der Waals surface area contributed by atoms with E-state index < -0.39 is 9.84 Å². The molecule has 0 bridgehead atoms. The van der Waals surface area contributed by atoms with Crippen molar-refractivity contribution in [3.8, 4) is 0 Å². The standard InChI is InChI=1S/C7H15NO4S/c1-12-6-7(9)8-4-3-5-13(2,10)11/h3-6H2,1-2H3,(H,8,9). The molecule has 0 aromatic rings. The highest BCUT2D eigenvalue weighted by atomic mass is 32.2. The predicted molar refractivity (Wildman–Crippen MR) is 49.2 cm³/mol. The largest absolute Gasteiger partial charge is 0.375 e. The number of carbonyl (C=O) groups excluding carboxylic acids is 1. The molecule has 0 heterocycles. The summed E-state index contributed by atoms with van der Waals surface area (Å²) in [5, 5.41) is 2.53. The number of amides is 1. The van der Waals surface area contributed by atoms with Crippen molar-refractivity contribution in [1.82, 2.24) is 5.32 Å². The minimum Gasteiger partial charge on any atom is -0.375 e. The molecule has 0 rings (SSSR count). The van der Waals surface area contributed by atoms with Gasteiger partial charge in [-0.3, -0.25) is 4.79 Å². The fraction of sp³-hybridized carbons (Fsp3) is 0.857. The van der Waals surface area contributed by atoms with Crippen LogP contribution in [0.25, 0.3) is 0 Å². The molecule has 0 fully saturated rings. The number of hydrogen-bond donors (Lipinski definition) is 1. The molecule has 0 saturated heterocycles. The van der Waals surface area contributed by atoms with E-state index in [1.807, 2.05) is 0 Å². The Morgan fingerprint density at radius 2 is 2.08 bits per heavy atom. The second-order valence-corrected chi connectivity index (χ2v) is 5.03. The number of methoxy groups -OCH3 is 1. The molecule has 0 aliphatic carbocycles. The molecule has 13 heavy (non-hydrogen) atoms. The molecule has 0 saturated carbocycles. The van der Waals surface area contributed by atoms with E-state index in [0.717, 1.165) is 0 Å². The average molecular weight is 209 g/mol. The minimum atomic E-state index is -2.92. The van der Waals surface area contributed by atoms with Gasteiger partial charge in [0.05, 0.1) is 5.75 Å². The summed E-state index contributed by atoms with van der Waals surface area (Å²) in [6.45, 7) is 0.383. The van der Waals surface area contributed by atoms with Gasteiger partial charge in [-0.15, -0.1) is 0 Å². The second kappa shape index (κ2) is 5.93. The molecule has 0 aromatic carbocycles. The number of sulfone groups is 1. The van der Waals surface area contributed by atoms with Gasteiger partial charge < -0.3 is 10.1 Å². The van der Waals surface area contributed by atoms with Gasteiger partial charge in [0.1, 0.15) is 16.4 Å². The van der Waals surface area contributed by atoms with Crippen LogP contribution in [0.5, 0.6) is 0 Å². The summed E-state index contributed by atoms with van der Waals surface area (Å²) in [5.74, 6) is -0.128. The van der Waals surface area contributed by atoms with Crippen molar-refractivity contribution in [2.24, 2.45) is 0 Å². The molecule has 1 N–H and O–H groups in total. The van der Waals surface area contributed by atoms with Crippen LogP contribution < -0.4 is 5.32 Å². The number of nitrogens with one attached hydrogen (secondary N) is 1. The van der Waals surface area contributed by atoms with E-state index in [0.29, 0.717) is 13.0 Å². The van der Waals surface area contributed by atoms with Crippen molar-refractivity contribution in [1.29, 1.82) is 0 Å². The zero-order chi connectivity index (χ0) is 10.3. The van der Waals surface area contributed by atoms with Crippen LogP contribution in [0.4, 0.5) is 0 Å². The van der Waals surface area contributed by atoms with E-state index >= 15 is 0 Å². The van der Waals surface area contributed by atoms with Gasteiger partial charge in [-0.05, 0) is 6.42 Å². The van der Waals surface area contributed by atoms with Gasteiger partial charge in [-0.25, -0.2) is 8.42 Å². The van der Waals surface area contributed by atoms with Crippen LogP contribution in [-0.4, -0.2) is 46.6 Å². The van der Waals surface area contributed by atoms with E-state index in [1.165, 1.54) is 13.4 Å². The maximum atomic E-state index is 10.8. The zero-order valence-corrected chi connectivity index (χ0v) is 8.69. The lowest BCUT2D eigenvalue weighted by molar-refractivity contribution is -0.124. The first kappa shape index (κ1) is 12.4. The first-order valence-corrected chi connectivity index (χ1v) is 5.95. The van der Waals surface area contributed by atoms with Crippen molar-refractivity contribution >= 4 is 15.7 Å². The number of rotatable bonds is 6. The highest BCUT2D eigenvalue weighted by Crippen LogP contribution is 1.86. The topological polar surface area (TPSA) is 72.5 Å². The quantitative estimate of drug-likeness (QED) is 0.580. The summed E-state index contributed by atoms with van der Waals surface area (Å²) in [7, 11) is -1.49. The lowest BCUT2D eigenvalue weighted by Gasteiger charge is -2.02. The lowest BCUT2D eigenvalue weighted by Crippen LogP contribution is -2.28. The molecule has 0 radical (unpaired) electrons. The summed E-state index contributed by atoms with van der Waals surface area (Å²) in [6.07, 6.45) is 1.61. The monoisotopic (exact) mass is 209 g/mol. The van der Waals surface area contributed by atoms with Crippen LogP contribution in [0.3, 0.4) is 0 Å². The van der Waals surface area contributed by atoms with Crippen LogP contribution >= 0.6 is 0 Å². The molecule has 5 nitrogen and oxygen atoms in total. The zero-order valence-electron chi connectivity index (χ0n) is 7.87. The third-order valence-corrected chi connectivity index (χ3v) is 2.32. The van der Waals surface area contributed by atoms with Crippen LogP contribution in [-0.2, 0) is 19.4 Å². The fourth-order valence-corrected chi connectivity index (χ4v) is 1.41. The van der Waals surface area contributed by atoms with E-state index in [9.17, 15) is 13.2 Å². The summed E-state index contributed by atoms with van der Waals surface area (Å²) in [5.41, 5.74) is 0. The Labute approximate surface area is 78.4 Å². The predicted octanol–water partition coefficient (Wildman–Crippen LogP) is -0.816. The molecule has 1 amide bonds. The van der Waals surface area contributed by atoms with Crippen molar-refractivity contribution in [2.75, 3.05) is 32.3 Å². The van der Waals surface area contributed by atoms with Gasteiger partial charge >= 0.3 is 0 Å².